The lowest BCUT2D eigenvalue weighted by Crippen LogP contribution is -2.55. The van der Waals surface area contributed by atoms with E-state index < -0.39 is 0 Å². The van der Waals surface area contributed by atoms with Crippen LogP contribution < -0.4 is 14.5 Å². The Morgan fingerprint density at radius 2 is 2.12 bits per heavy atom. The molecule has 13 heteroatoms. The zero-order chi connectivity index (χ0) is 30.0. The summed E-state index contributed by atoms with van der Waals surface area (Å²) < 4.78 is 8.32. The molecule has 3 aromatic rings. The second-order valence-corrected chi connectivity index (χ2v) is 13.2. The van der Waals surface area contributed by atoms with Crippen molar-refractivity contribution in [1.29, 1.82) is 5.26 Å². The van der Waals surface area contributed by atoms with Gasteiger partial charge in [0.15, 0.2) is 0 Å². The van der Waals surface area contributed by atoms with Crippen molar-refractivity contribution in [3.05, 3.63) is 47.8 Å². The van der Waals surface area contributed by atoms with Gasteiger partial charge in [0.25, 0.3) is 0 Å². The van der Waals surface area contributed by atoms with Gasteiger partial charge < -0.3 is 24.3 Å². The van der Waals surface area contributed by atoms with Gasteiger partial charge in [0, 0.05) is 43.7 Å². The molecule has 1 amide bonds. The normalized spacial score (nSPS) is 18.0. The van der Waals surface area contributed by atoms with Crippen molar-refractivity contribution in [3.8, 4) is 12.1 Å². The number of rotatable bonds is 9. The lowest BCUT2D eigenvalue weighted by molar-refractivity contribution is -0.128. The number of nitrogens with zero attached hydrogens (tertiary/aromatic N) is 9. The number of likely N-dealkylation sites (N-methyl/N-ethyl adjacent to an activating group) is 1. The van der Waals surface area contributed by atoms with E-state index in [1.165, 1.54) is 17.3 Å². The zero-order valence-electron chi connectivity index (χ0n) is 24.5. The van der Waals surface area contributed by atoms with Crippen molar-refractivity contribution >= 4 is 56.7 Å². The molecular formula is C29H37IN9O2P. The maximum atomic E-state index is 12.5. The molecule has 3 atom stereocenters. The topological polar surface area (TPSA) is 107 Å². The summed E-state index contributed by atoms with van der Waals surface area (Å²) in [5.41, 5.74) is 5.57. The Bertz CT molecular complexity index is 1520. The molecule has 1 saturated heterocycles. The van der Waals surface area contributed by atoms with E-state index >= 15 is 0 Å². The van der Waals surface area contributed by atoms with E-state index in [-0.39, 0.29) is 24.5 Å². The molecule has 1 aromatic carbocycles. The van der Waals surface area contributed by atoms with Crippen LogP contribution in [-0.4, -0.2) is 94.2 Å². The van der Waals surface area contributed by atoms with Crippen molar-refractivity contribution in [2.75, 3.05) is 56.6 Å². The number of carbonyl (C=O) groups is 1. The number of aryl methyl sites for hydroxylation is 1. The third kappa shape index (κ3) is 6.19. The molecule has 2 unspecified atom stereocenters. The van der Waals surface area contributed by atoms with Crippen LogP contribution in [0.1, 0.15) is 30.2 Å². The number of benzene rings is 1. The number of ether oxygens (including phenoxy) is 1. The number of anilines is 2. The number of hydrogen-bond donors (Lipinski definition) is 0. The van der Waals surface area contributed by atoms with E-state index in [1.807, 2.05) is 31.7 Å². The highest BCUT2D eigenvalue weighted by Gasteiger charge is 2.34. The summed E-state index contributed by atoms with van der Waals surface area (Å²) in [4.78, 5) is 30.9. The first-order chi connectivity index (χ1) is 20.2. The average molecular weight is 702 g/mol. The minimum absolute atomic E-state index is 0.102. The Labute approximate surface area is 261 Å². The van der Waals surface area contributed by atoms with Gasteiger partial charge in [-0.05, 0) is 74.1 Å². The highest BCUT2D eigenvalue weighted by Crippen LogP contribution is 2.38. The van der Waals surface area contributed by atoms with Crippen LogP contribution >= 0.6 is 28.4 Å². The van der Waals surface area contributed by atoms with Crippen molar-refractivity contribution in [3.63, 3.8) is 0 Å². The van der Waals surface area contributed by atoms with Gasteiger partial charge in [-0.25, -0.2) is 4.45 Å². The van der Waals surface area contributed by atoms with Gasteiger partial charge in [-0.15, -0.1) is 0 Å². The minimum Gasteiger partial charge on any atom is -0.459 e. The van der Waals surface area contributed by atoms with E-state index in [2.05, 4.69) is 73.5 Å². The van der Waals surface area contributed by atoms with Crippen LogP contribution in [0.15, 0.2) is 31.0 Å². The molecular weight excluding hydrogens is 664 g/mol. The molecule has 0 aliphatic carbocycles. The smallest absolute Gasteiger partial charge is 0.318 e. The number of halogens is 1. The molecule has 5 rings (SSSR count). The molecule has 0 N–H and O–H groups in total. The molecule has 222 valence electrons. The van der Waals surface area contributed by atoms with Crippen molar-refractivity contribution < 1.29 is 9.53 Å². The quantitative estimate of drug-likeness (QED) is 0.187. The molecule has 2 aromatic heterocycles. The summed E-state index contributed by atoms with van der Waals surface area (Å²) in [6, 6.07) is 6.69. The highest BCUT2D eigenvalue weighted by atomic mass is 127. The fourth-order valence-electron chi connectivity index (χ4n) is 6.04. The van der Waals surface area contributed by atoms with Gasteiger partial charge in [0.1, 0.15) is 11.9 Å². The standard InChI is InChI=1S/C29H37IN9O2P/c1-6-26(40)38-14-13-37(17-21(38)9-11-31)28-22-10-12-36(18-24(22)33-29(34-28)41-20(3)16-35(4)5)27-19(2)7-8-25-23(27)15-32-39(25)42-30/h6-8,15,20-21,42H,1,9-10,12-14,16-18H2,2-5H3/t20-,21?/m1/s1. The second kappa shape index (κ2) is 13.1. The van der Waals surface area contributed by atoms with Gasteiger partial charge in [0.2, 0.25) is 5.91 Å². The molecule has 2 aliphatic rings. The number of hydrogen-bond acceptors (Lipinski definition) is 9. The maximum absolute atomic E-state index is 12.5. The maximum Gasteiger partial charge on any atom is 0.318 e. The molecule has 1 fully saturated rings. The molecule has 0 saturated carbocycles. The summed E-state index contributed by atoms with van der Waals surface area (Å²) >= 11 is 2.36. The molecule has 42 heavy (non-hydrogen) atoms. The first kappa shape index (κ1) is 30.4. The predicted octanol–water partition coefficient (Wildman–Crippen LogP) is 3.93. The number of aromatic nitrogens is 4. The van der Waals surface area contributed by atoms with Gasteiger partial charge in [0.05, 0.1) is 54.5 Å². The van der Waals surface area contributed by atoms with Crippen LogP contribution in [0.2, 0.25) is 0 Å². The summed E-state index contributed by atoms with van der Waals surface area (Å²) in [5.74, 6) is 0.696. The van der Waals surface area contributed by atoms with E-state index in [1.54, 1.807) is 4.90 Å². The van der Waals surface area contributed by atoms with Gasteiger partial charge in [-0.1, -0.05) is 12.6 Å². The number of carbonyl (C=O) groups excluding carboxylic acids is 1. The van der Waals surface area contributed by atoms with Crippen molar-refractivity contribution in [1.82, 2.24) is 29.3 Å². The first-order valence-corrected chi connectivity index (χ1v) is 18.1. The SMILES string of the molecule is C=CC(=O)N1CCN(c2nc(O[C@H](C)CN(C)C)nc3c2CCN(c2c(C)ccc4c2cnn4PI)C3)CC1CC#N. The highest BCUT2D eigenvalue weighted by molar-refractivity contribution is 14.2. The molecule has 4 heterocycles. The molecule has 0 spiro atoms. The number of fused-ring (bicyclic) bond motifs is 2. The number of piperazine rings is 1. The zero-order valence-corrected chi connectivity index (χ0v) is 27.7. The largest absolute Gasteiger partial charge is 0.459 e. The van der Waals surface area contributed by atoms with Gasteiger partial charge in [-0.2, -0.15) is 20.3 Å². The van der Waals surface area contributed by atoms with Crippen LogP contribution in [0.4, 0.5) is 11.5 Å². The van der Waals surface area contributed by atoms with Crippen LogP contribution in [0.3, 0.4) is 0 Å². The lowest BCUT2D eigenvalue weighted by Gasteiger charge is -2.42. The van der Waals surface area contributed by atoms with Crippen LogP contribution in [0.5, 0.6) is 6.01 Å². The average Bonchev–Trinajstić information content (AvgIpc) is 3.38. The first-order valence-electron chi connectivity index (χ1n) is 14.1. The summed E-state index contributed by atoms with van der Waals surface area (Å²) in [5, 5.41) is 15.3. The fourth-order valence-corrected chi connectivity index (χ4v) is 7.58. The monoisotopic (exact) mass is 701 g/mol. The second-order valence-electron chi connectivity index (χ2n) is 11.1. The van der Waals surface area contributed by atoms with Crippen LogP contribution in [-0.2, 0) is 17.8 Å². The Balaban J connectivity index is 1.52. The third-order valence-corrected chi connectivity index (χ3v) is 9.73. The summed E-state index contributed by atoms with van der Waals surface area (Å²) in [6.45, 7) is 11.6. The molecule has 0 radical (unpaired) electrons. The number of amides is 1. The van der Waals surface area contributed by atoms with E-state index in [9.17, 15) is 10.1 Å². The van der Waals surface area contributed by atoms with E-state index in [0.29, 0.717) is 38.6 Å². The third-order valence-electron chi connectivity index (χ3n) is 7.84. The van der Waals surface area contributed by atoms with E-state index in [0.717, 1.165) is 47.5 Å². The Hall–Kier alpha value is -3.01. The predicted molar refractivity (Wildman–Crippen MR) is 176 cm³/mol. The molecule has 0 bridgehead atoms. The fraction of sp³-hybridized carbons (Fsp3) is 0.483. The summed E-state index contributed by atoms with van der Waals surface area (Å²) in [7, 11) is 4.03. The van der Waals surface area contributed by atoms with Gasteiger partial charge >= 0.3 is 6.01 Å². The van der Waals surface area contributed by atoms with E-state index in [4.69, 9.17) is 14.7 Å². The summed E-state index contributed by atoms with van der Waals surface area (Å²) in [6.07, 6.45) is 4.74. The Kier molecular flexibility index (Phi) is 9.50. The van der Waals surface area contributed by atoms with Crippen molar-refractivity contribution in [2.45, 2.75) is 45.4 Å². The number of nitriles is 1. The van der Waals surface area contributed by atoms with Gasteiger partial charge in [-0.3, -0.25) is 4.79 Å². The Morgan fingerprint density at radius 3 is 2.83 bits per heavy atom. The molecule has 2 aliphatic heterocycles. The van der Waals surface area contributed by atoms with Crippen LogP contribution in [0.25, 0.3) is 10.9 Å². The lowest BCUT2D eigenvalue weighted by atomic mass is 10.0. The minimum atomic E-state index is -0.243. The Morgan fingerprint density at radius 1 is 1.31 bits per heavy atom. The van der Waals surface area contributed by atoms with Crippen LogP contribution in [0, 0.1) is 18.3 Å². The van der Waals surface area contributed by atoms with Crippen molar-refractivity contribution in [2.24, 2.45) is 0 Å². The molecule has 11 nitrogen and oxygen atoms in total.